The van der Waals surface area contributed by atoms with Gasteiger partial charge in [-0.3, -0.25) is 14.5 Å². The number of aromatic nitrogens is 2. The van der Waals surface area contributed by atoms with Crippen LogP contribution in [0, 0.1) is 6.92 Å². The number of carbonyl (C=O) groups is 2. The minimum Gasteiger partial charge on any atom is -0.341 e. The molecule has 0 radical (unpaired) electrons. The van der Waals surface area contributed by atoms with E-state index in [1.54, 1.807) is 10.9 Å². The zero-order chi connectivity index (χ0) is 22.0. The molecule has 1 aromatic heterocycles. The third kappa shape index (κ3) is 4.62. The van der Waals surface area contributed by atoms with Crippen molar-refractivity contribution in [1.29, 1.82) is 0 Å². The SMILES string of the molecule is Cc1c(C(=O)N2CCN(C(C)C(=O)N3CCCCC3)CC2)cnn1-c1cccc(Cl)c1. The first kappa shape index (κ1) is 21.8. The number of hydrogen-bond donors (Lipinski definition) is 0. The van der Waals surface area contributed by atoms with Crippen LogP contribution >= 0.6 is 11.6 Å². The number of amides is 2. The Morgan fingerprint density at radius 2 is 1.71 bits per heavy atom. The first-order valence-electron chi connectivity index (χ1n) is 11.1. The topological polar surface area (TPSA) is 61.7 Å². The summed E-state index contributed by atoms with van der Waals surface area (Å²) in [7, 11) is 0. The van der Waals surface area contributed by atoms with Gasteiger partial charge in [-0.25, -0.2) is 4.68 Å². The summed E-state index contributed by atoms with van der Waals surface area (Å²) in [5.74, 6) is 0.207. The van der Waals surface area contributed by atoms with Gasteiger partial charge in [0.15, 0.2) is 0 Å². The lowest BCUT2D eigenvalue weighted by atomic mass is 10.1. The second-order valence-corrected chi connectivity index (χ2v) is 8.86. The number of carbonyl (C=O) groups excluding carboxylic acids is 2. The van der Waals surface area contributed by atoms with Crippen LogP contribution in [-0.4, -0.2) is 81.6 Å². The molecule has 8 heteroatoms. The highest BCUT2D eigenvalue weighted by molar-refractivity contribution is 6.30. The Balaban J connectivity index is 1.38. The molecule has 31 heavy (non-hydrogen) atoms. The zero-order valence-electron chi connectivity index (χ0n) is 18.3. The molecule has 2 aliphatic rings. The molecule has 3 heterocycles. The van der Waals surface area contributed by atoms with Gasteiger partial charge in [0.2, 0.25) is 5.91 Å². The Hall–Kier alpha value is -2.38. The molecule has 1 unspecified atom stereocenters. The Bertz CT molecular complexity index is 945. The summed E-state index contributed by atoms with van der Waals surface area (Å²) in [5, 5.41) is 5.04. The smallest absolute Gasteiger partial charge is 0.257 e. The van der Waals surface area contributed by atoms with Gasteiger partial charge in [-0.2, -0.15) is 5.10 Å². The first-order chi connectivity index (χ1) is 15.0. The standard InChI is InChI=1S/C23H30ClN5O2/c1-17-21(16-25-29(17)20-8-6-7-19(24)15-20)23(31)28-13-11-26(12-14-28)18(2)22(30)27-9-4-3-5-10-27/h6-8,15-16,18H,3-5,9-14H2,1-2H3. The molecule has 0 spiro atoms. The Kier molecular flexibility index (Phi) is 6.62. The number of hydrogen-bond acceptors (Lipinski definition) is 4. The van der Waals surface area contributed by atoms with Crippen molar-refractivity contribution in [1.82, 2.24) is 24.5 Å². The maximum atomic E-state index is 13.1. The van der Waals surface area contributed by atoms with Crippen LogP contribution in [0.15, 0.2) is 30.5 Å². The molecule has 0 saturated carbocycles. The largest absolute Gasteiger partial charge is 0.341 e. The van der Waals surface area contributed by atoms with Crippen molar-refractivity contribution in [3.05, 3.63) is 46.7 Å². The van der Waals surface area contributed by atoms with E-state index in [1.807, 2.05) is 47.9 Å². The molecule has 2 fully saturated rings. The average Bonchev–Trinajstić information content (AvgIpc) is 3.19. The monoisotopic (exact) mass is 443 g/mol. The predicted molar refractivity (Wildman–Crippen MR) is 121 cm³/mol. The van der Waals surface area contributed by atoms with E-state index < -0.39 is 0 Å². The molecule has 1 atom stereocenters. The lowest BCUT2D eigenvalue weighted by Crippen LogP contribution is -2.56. The second kappa shape index (κ2) is 9.40. The van der Waals surface area contributed by atoms with Gasteiger partial charge in [0.05, 0.1) is 29.2 Å². The van der Waals surface area contributed by atoms with Crippen molar-refractivity contribution in [3.63, 3.8) is 0 Å². The van der Waals surface area contributed by atoms with Crippen molar-refractivity contribution in [2.75, 3.05) is 39.3 Å². The molecular formula is C23H30ClN5O2. The number of benzene rings is 1. The van der Waals surface area contributed by atoms with Crippen LogP contribution in [0.3, 0.4) is 0 Å². The van der Waals surface area contributed by atoms with Crippen molar-refractivity contribution in [2.45, 2.75) is 39.2 Å². The maximum Gasteiger partial charge on any atom is 0.257 e. The van der Waals surface area contributed by atoms with E-state index in [2.05, 4.69) is 10.00 Å². The summed E-state index contributed by atoms with van der Waals surface area (Å²) < 4.78 is 1.74. The van der Waals surface area contributed by atoms with Gasteiger partial charge >= 0.3 is 0 Å². The average molecular weight is 444 g/mol. The number of piperazine rings is 1. The van der Waals surface area contributed by atoms with Crippen LogP contribution in [0.25, 0.3) is 5.69 Å². The third-order valence-corrected chi connectivity index (χ3v) is 6.70. The highest BCUT2D eigenvalue weighted by atomic mass is 35.5. The molecule has 166 valence electrons. The Morgan fingerprint density at radius 1 is 1.00 bits per heavy atom. The van der Waals surface area contributed by atoms with Crippen molar-refractivity contribution < 1.29 is 9.59 Å². The van der Waals surface area contributed by atoms with E-state index in [0.717, 1.165) is 37.3 Å². The number of nitrogens with zero attached hydrogens (tertiary/aromatic N) is 5. The molecule has 0 N–H and O–H groups in total. The van der Waals surface area contributed by atoms with E-state index in [4.69, 9.17) is 11.6 Å². The van der Waals surface area contributed by atoms with Crippen LogP contribution in [0.1, 0.15) is 42.2 Å². The predicted octanol–water partition coefficient (Wildman–Crippen LogP) is 2.99. The van der Waals surface area contributed by atoms with Crippen LogP contribution in [0.4, 0.5) is 0 Å². The summed E-state index contributed by atoms with van der Waals surface area (Å²) in [4.78, 5) is 32.0. The minimum atomic E-state index is -0.136. The normalized spacial score (nSPS) is 18.8. The maximum absolute atomic E-state index is 13.1. The highest BCUT2D eigenvalue weighted by Gasteiger charge is 2.31. The van der Waals surface area contributed by atoms with E-state index in [1.165, 1.54) is 6.42 Å². The van der Waals surface area contributed by atoms with Crippen molar-refractivity contribution in [2.24, 2.45) is 0 Å². The number of rotatable bonds is 4. The van der Waals surface area contributed by atoms with Crippen LogP contribution in [0.2, 0.25) is 5.02 Å². The van der Waals surface area contributed by atoms with Gasteiger partial charge < -0.3 is 9.80 Å². The fraction of sp³-hybridized carbons (Fsp3) is 0.522. The third-order valence-electron chi connectivity index (χ3n) is 6.47. The fourth-order valence-electron chi connectivity index (χ4n) is 4.51. The molecule has 2 aliphatic heterocycles. The number of halogens is 1. The Labute approximate surface area is 188 Å². The van der Waals surface area contributed by atoms with E-state index in [9.17, 15) is 9.59 Å². The van der Waals surface area contributed by atoms with Crippen molar-refractivity contribution in [3.8, 4) is 5.69 Å². The highest BCUT2D eigenvalue weighted by Crippen LogP contribution is 2.20. The minimum absolute atomic E-state index is 0.0135. The van der Waals surface area contributed by atoms with Crippen LogP contribution in [0.5, 0.6) is 0 Å². The Morgan fingerprint density at radius 3 is 2.39 bits per heavy atom. The van der Waals surface area contributed by atoms with Gasteiger partial charge in [-0.05, 0) is 51.3 Å². The molecule has 2 amide bonds. The fourth-order valence-corrected chi connectivity index (χ4v) is 4.69. The molecule has 4 rings (SSSR count). The summed E-state index contributed by atoms with van der Waals surface area (Å²) in [6, 6.07) is 7.29. The van der Waals surface area contributed by atoms with Gasteiger partial charge in [-0.1, -0.05) is 17.7 Å². The summed E-state index contributed by atoms with van der Waals surface area (Å²) in [6.07, 6.45) is 5.05. The van der Waals surface area contributed by atoms with E-state index in [0.29, 0.717) is 36.8 Å². The lowest BCUT2D eigenvalue weighted by Gasteiger charge is -2.39. The van der Waals surface area contributed by atoms with Gasteiger partial charge in [0, 0.05) is 44.3 Å². The quantitative estimate of drug-likeness (QED) is 0.728. The lowest BCUT2D eigenvalue weighted by molar-refractivity contribution is -0.137. The number of piperidine rings is 1. The molecule has 2 aromatic rings. The first-order valence-corrected chi connectivity index (χ1v) is 11.5. The molecule has 0 bridgehead atoms. The molecule has 2 saturated heterocycles. The molecule has 0 aliphatic carbocycles. The van der Waals surface area contributed by atoms with Crippen LogP contribution < -0.4 is 0 Å². The summed E-state index contributed by atoms with van der Waals surface area (Å²) in [5.41, 5.74) is 2.23. The summed E-state index contributed by atoms with van der Waals surface area (Å²) >= 11 is 6.10. The molecular weight excluding hydrogens is 414 g/mol. The van der Waals surface area contributed by atoms with Gasteiger partial charge in [-0.15, -0.1) is 0 Å². The van der Waals surface area contributed by atoms with Crippen LogP contribution in [-0.2, 0) is 4.79 Å². The second-order valence-electron chi connectivity index (χ2n) is 8.43. The summed E-state index contributed by atoms with van der Waals surface area (Å²) in [6.45, 7) is 8.26. The van der Waals surface area contributed by atoms with E-state index in [-0.39, 0.29) is 17.9 Å². The number of likely N-dealkylation sites (tertiary alicyclic amines) is 1. The molecule has 1 aromatic carbocycles. The van der Waals surface area contributed by atoms with Crippen molar-refractivity contribution >= 4 is 23.4 Å². The zero-order valence-corrected chi connectivity index (χ0v) is 19.0. The molecule has 7 nitrogen and oxygen atoms in total. The van der Waals surface area contributed by atoms with E-state index >= 15 is 0 Å². The van der Waals surface area contributed by atoms with Gasteiger partial charge in [0.25, 0.3) is 5.91 Å². The van der Waals surface area contributed by atoms with Gasteiger partial charge in [0.1, 0.15) is 0 Å².